The fourth-order valence-electron chi connectivity index (χ4n) is 2.72. The van der Waals surface area contributed by atoms with Crippen LogP contribution in [0.5, 0.6) is 5.75 Å². The van der Waals surface area contributed by atoms with Crippen molar-refractivity contribution in [2.45, 2.75) is 31.8 Å². The Labute approximate surface area is 126 Å². The second-order valence-electron chi connectivity index (χ2n) is 5.27. The topological polar surface area (TPSA) is 64.8 Å². The number of hydrogen-bond acceptors (Lipinski definition) is 5. The van der Waals surface area contributed by atoms with Crippen LogP contribution in [0.2, 0.25) is 0 Å². The van der Waals surface area contributed by atoms with E-state index in [0.717, 1.165) is 43.7 Å². The first-order valence-electron chi connectivity index (χ1n) is 7.48. The summed E-state index contributed by atoms with van der Waals surface area (Å²) in [6, 6.07) is 7.76. The molecule has 0 bridgehead atoms. The maximum atomic E-state index is 11.6. The lowest BCUT2D eigenvalue weighted by atomic mass is 10.2. The minimum Gasteiger partial charge on any atom is -0.494 e. The Morgan fingerprint density at radius 3 is 3.10 bits per heavy atom. The summed E-state index contributed by atoms with van der Waals surface area (Å²) in [5.41, 5.74) is 6.67. The number of nitrogens with zero attached hydrogens (tertiary/aromatic N) is 1. The molecule has 0 aliphatic carbocycles. The van der Waals surface area contributed by atoms with Gasteiger partial charge in [0.05, 0.1) is 13.7 Å². The van der Waals surface area contributed by atoms with Crippen LogP contribution < -0.4 is 10.5 Å². The molecule has 0 saturated carbocycles. The third-order valence-electron chi connectivity index (χ3n) is 3.83. The number of benzene rings is 1. The highest BCUT2D eigenvalue weighted by atomic mass is 16.5. The van der Waals surface area contributed by atoms with Crippen molar-refractivity contribution in [3.05, 3.63) is 29.8 Å². The van der Waals surface area contributed by atoms with Gasteiger partial charge in [0.1, 0.15) is 11.8 Å². The monoisotopic (exact) mass is 292 g/mol. The molecule has 1 aromatic carbocycles. The van der Waals surface area contributed by atoms with E-state index in [-0.39, 0.29) is 12.0 Å². The Balaban J connectivity index is 1.72. The molecule has 0 amide bonds. The smallest absolute Gasteiger partial charge is 0.323 e. The van der Waals surface area contributed by atoms with Crippen molar-refractivity contribution in [3.63, 3.8) is 0 Å². The van der Waals surface area contributed by atoms with Crippen LogP contribution in [0.15, 0.2) is 24.3 Å². The lowest BCUT2D eigenvalue weighted by molar-refractivity contribution is -0.145. The van der Waals surface area contributed by atoms with E-state index in [1.165, 1.54) is 7.11 Å². The van der Waals surface area contributed by atoms with E-state index in [1.54, 1.807) is 0 Å². The summed E-state index contributed by atoms with van der Waals surface area (Å²) in [6.07, 6.45) is 2.84. The molecule has 21 heavy (non-hydrogen) atoms. The van der Waals surface area contributed by atoms with E-state index in [9.17, 15) is 4.79 Å². The van der Waals surface area contributed by atoms with Gasteiger partial charge < -0.3 is 15.2 Å². The molecule has 1 atom stereocenters. The number of esters is 1. The highest BCUT2D eigenvalue weighted by Gasteiger charge is 2.30. The predicted molar refractivity (Wildman–Crippen MR) is 81.1 cm³/mol. The molecular formula is C16H24N2O3. The van der Waals surface area contributed by atoms with Gasteiger partial charge in [-0.2, -0.15) is 0 Å². The molecule has 5 heteroatoms. The van der Waals surface area contributed by atoms with E-state index >= 15 is 0 Å². The molecular weight excluding hydrogens is 268 g/mol. The van der Waals surface area contributed by atoms with E-state index in [1.807, 2.05) is 24.3 Å². The van der Waals surface area contributed by atoms with Gasteiger partial charge in [-0.05, 0) is 43.5 Å². The van der Waals surface area contributed by atoms with Crippen LogP contribution in [-0.2, 0) is 16.1 Å². The molecule has 116 valence electrons. The van der Waals surface area contributed by atoms with E-state index < -0.39 is 0 Å². The number of carbonyl (C=O) groups is 1. The van der Waals surface area contributed by atoms with Crippen molar-refractivity contribution in [1.82, 2.24) is 4.90 Å². The van der Waals surface area contributed by atoms with E-state index in [0.29, 0.717) is 13.2 Å². The fourth-order valence-corrected chi connectivity index (χ4v) is 2.72. The van der Waals surface area contributed by atoms with Gasteiger partial charge in [0.2, 0.25) is 0 Å². The highest BCUT2D eigenvalue weighted by molar-refractivity contribution is 5.75. The van der Waals surface area contributed by atoms with Crippen molar-refractivity contribution >= 4 is 5.97 Å². The molecule has 0 aromatic heterocycles. The van der Waals surface area contributed by atoms with Gasteiger partial charge in [0.25, 0.3) is 0 Å². The number of likely N-dealkylation sites (tertiary alicyclic amines) is 1. The summed E-state index contributed by atoms with van der Waals surface area (Å²) < 4.78 is 10.6. The maximum Gasteiger partial charge on any atom is 0.323 e. The number of carbonyl (C=O) groups excluding carboxylic acids is 1. The quantitative estimate of drug-likeness (QED) is 0.610. The molecule has 5 nitrogen and oxygen atoms in total. The first-order valence-corrected chi connectivity index (χ1v) is 7.48. The van der Waals surface area contributed by atoms with Crippen LogP contribution in [0.25, 0.3) is 0 Å². The third kappa shape index (κ3) is 4.44. The highest BCUT2D eigenvalue weighted by Crippen LogP contribution is 2.19. The number of hydrogen-bond donors (Lipinski definition) is 1. The Kier molecular flexibility index (Phi) is 6.02. The van der Waals surface area contributed by atoms with Crippen molar-refractivity contribution in [3.8, 4) is 5.75 Å². The Morgan fingerprint density at radius 1 is 1.48 bits per heavy atom. The van der Waals surface area contributed by atoms with Gasteiger partial charge in [-0.3, -0.25) is 9.69 Å². The zero-order valence-corrected chi connectivity index (χ0v) is 12.6. The van der Waals surface area contributed by atoms with E-state index in [4.69, 9.17) is 15.2 Å². The molecule has 0 spiro atoms. The average molecular weight is 292 g/mol. The van der Waals surface area contributed by atoms with Crippen LogP contribution in [0.4, 0.5) is 0 Å². The van der Waals surface area contributed by atoms with Crippen molar-refractivity contribution in [2.75, 3.05) is 26.8 Å². The molecule has 1 aromatic rings. The fraction of sp³-hybridized carbons (Fsp3) is 0.562. The summed E-state index contributed by atoms with van der Waals surface area (Å²) in [7, 11) is 1.45. The number of ether oxygens (including phenoxy) is 2. The van der Waals surface area contributed by atoms with Crippen molar-refractivity contribution in [2.24, 2.45) is 5.73 Å². The molecule has 1 saturated heterocycles. The summed E-state index contributed by atoms with van der Waals surface area (Å²) in [5, 5.41) is 0. The van der Waals surface area contributed by atoms with Crippen LogP contribution in [0, 0.1) is 0 Å². The molecule has 1 heterocycles. The molecule has 1 unspecified atom stereocenters. The minimum atomic E-state index is -0.121. The van der Waals surface area contributed by atoms with Gasteiger partial charge >= 0.3 is 5.97 Å². The standard InChI is InChI=1S/C16H24N2O3/c1-20-16(19)15-7-3-8-18(15)9-4-10-21-14-6-2-5-13(11-14)12-17/h2,5-6,11,15H,3-4,7-10,12,17H2,1H3. The maximum absolute atomic E-state index is 11.6. The summed E-state index contributed by atoms with van der Waals surface area (Å²) >= 11 is 0. The predicted octanol–water partition coefficient (Wildman–Crippen LogP) is 1.55. The van der Waals surface area contributed by atoms with Crippen molar-refractivity contribution < 1.29 is 14.3 Å². The van der Waals surface area contributed by atoms with Gasteiger partial charge in [-0.15, -0.1) is 0 Å². The number of nitrogens with two attached hydrogens (primary N) is 1. The Hall–Kier alpha value is -1.59. The second kappa shape index (κ2) is 8.00. The summed E-state index contributed by atoms with van der Waals surface area (Å²) in [5.74, 6) is 0.730. The number of rotatable bonds is 7. The first-order chi connectivity index (χ1) is 10.2. The normalized spacial score (nSPS) is 18.7. The van der Waals surface area contributed by atoms with E-state index in [2.05, 4.69) is 4.90 Å². The van der Waals surface area contributed by atoms with Crippen LogP contribution in [-0.4, -0.2) is 43.7 Å². The molecule has 2 rings (SSSR count). The summed E-state index contributed by atoms with van der Waals surface area (Å²) in [4.78, 5) is 13.8. The van der Waals surface area contributed by atoms with Gasteiger partial charge in [0.15, 0.2) is 0 Å². The molecule has 1 fully saturated rings. The second-order valence-corrected chi connectivity index (χ2v) is 5.27. The Morgan fingerprint density at radius 2 is 2.33 bits per heavy atom. The molecule has 2 N–H and O–H groups in total. The van der Waals surface area contributed by atoms with Crippen LogP contribution in [0.3, 0.4) is 0 Å². The zero-order valence-electron chi connectivity index (χ0n) is 12.6. The lowest BCUT2D eigenvalue weighted by Crippen LogP contribution is -2.37. The van der Waals surface area contributed by atoms with Gasteiger partial charge in [-0.1, -0.05) is 12.1 Å². The minimum absolute atomic E-state index is 0.0735. The van der Waals surface area contributed by atoms with Gasteiger partial charge in [0, 0.05) is 13.1 Å². The molecule has 1 aliphatic rings. The largest absolute Gasteiger partial charge is 0.494 e. The van der Waals surface area contributed by atoms with Crippen LogP contribution >= 0.6 is 0 Å². The third-order valence-corrected chi connectivity index (χ3v) is 3.83. The average Bonchev–Trinajstić information content (AvgIpc) is 2.99. The summed E-state index contributed by atoms with van der Waals surface area (Å²) in [6.45, 7) is 2.98. The van der Waals surface area contributed by atoms with Crippen molar-refractivity contribution in [1.29, 1.82) is 0 Å². The first kappa shape index (κ1) is 15.8. The Bertz CT molecular complexity index is 465. The molecule has 1 aliphatic heterocycles. The lowest BCUT2D eigenvalue weighted by Gasteiger charge is -2.22. The number of methoxy groups -OCH3 is 1. The van der Waals surface area contributed by atoms with Crippen LogP contribution in [0.1, 0.15) is 24.8 Å². The van der Waals surface area contributed by atoms with Gasteiger partial charge in [-0.25, -0.2) is 0 Å². The SMILES string of the molecule is COC(=O)C1CCCN1CCCOc1cccc(CN)c1. The molecule has 0 radical (unpaired) electrons. The zero-order chi connectivity index (χ0) is 15.1.